The van der Waals surface area contributed by atoms with Gasteiger partial charge in [0.15, 0.2) is 0 Å². The highest BCUT2D eigenvalue weighted by Gasteiger charge is 2.09. The van der Waals surface area contributed by atoms with Crippen molar-refractivity contribution in [2.24, 2.45) is 0 Å². The molecule has 0 saturated carbocycles. The van der Waals surface area contributed by atoms with Crippen LogP contribution in [0.25, 0.3) is 11.3 Å². The third-order valence-corrected chi connectivity index (χ3v) is 2.55. The van der Waals surface area contributed by atoms with Gasteiger partial charge in [-0.25, -0.2) is 0 Å². The molecule has 0 bridgehead atoms. The Bertz CT molecular complexity index is 568. The number of hydrogen-bond donors (Lipinski definition) is 1. The number of carbonyl (C=O) groups is 1. The number of amides is 1. The Hall–Kier alpha value is -2.36. The molecule has 0 spiro atoms. The topological polar surface area (TPSA) is 51.2 Å². The van der Waals surface area contributed by atoms with Gasteiger partial charge in [0.25, 0.3) is 0 Å². The molecule has 1 amide bonds. The van der Waals surface area contributed by atoms with Crippen LogP contribution in [0, 0.1) is 0 Å². The van der Waals surface area contributed by atoms with E-state index < -0.39 is 0 Å². The maximum atomic E-state index is 11.3. The fourth-order valence-electron chi connectivity index (χ4n) is 1.82. The first-order valence-corrected chi connectivity index (χ1v) is 6.16. The first-order valence-electron chi connectivity index (χ1n) is 6.16. The van der Waals surface area contributed by atoms with Crippen LogP contribution >= 0.6 is 0 Å². The standard InChI is InChI=1S/C15H16N2O2/c1-3-19-12-7-8-13(14-6-4-5-9-16-14)15(10-12)17-11(2)18/h4-10H,3H2,1-2H3,(H,17,18). The van der Waals surface area contributed by atoms with E-state index in [0.717, 1.165) is 17.0 Å². The van der Waals surface area contributed by atoms with E-state index in [1.54, 1.807) is 6.20 Å². The Morgan fingerprint density at radius 1 is 1.32 bits per heavy atom. The number of pyridine rings is 1. The van der Waals surface area contributed by atoms with Crippen molar-refractivity contribution in [3.05, 3.63) is 42.6 Å². The summed E-state index contributed by atoms with van der Waals surface area (Å²) < 4.78 is 5.45. The van der Waals surface area contributed by atoms with E-state index in [9.17, 15) is 4.79 Å². The molecule has 0 aliphatic heterocycles. The highest BCUT2D eigenvalue weighted by molar-refractivity contribution is 5.94. The van der Waals surface area contributed by atoms with Gasteiger partial charge in [-0.05, 0) is 31.2 Å². The Balaban J connectivity index is 2.44. The Kier molecular flexibility index (Phi) is 4.13. The summed E-state index contributed by atoms with van der Waals surface area (Å²) in [5.74, 6) is 0.608. The summed E-state index contributed by atoms with van der Waals surface area (Å²) in [7, 11) is 0. The zero-order valence-electron chi connectivity index (χ0n) is 11.0. The van der Waals surface area contributed by atoms with E-state index in [1.807, 2.05) is 43.3 Å². The normalized spacial score (nSPS) is 10.0. The van der Waals surface area contributed by atoms with Gasteiger partial charge in [-0.1, -0.05) is 6.07 Å². The van der Waals surface area contributed by atoms with Gasteiger partial charge in [0.05, 0.1) is 18.0 Å². The van der Waals surface area contributed by atoms with Crippen molar-refractivity contribution in [1.29, 1.82) is 0 Å². The Morgan fingerprint density at radius 2 is 2.16 bits per heavy atom. The van der Waals surface area contributed by atoms with Gasteiger partial charge >= 0.3 is 0 Å². The van der Waals surface area contributed by atoms with Crippen molar-refractivity contribution in [3.63, 3.8) is 0 Å². The van der Waals surface area contributed by atoms with Crippen molar-refractivity contribution in [1.82, 2.24) is 4.98 Å². The van der Waals surface area contributed by atoms with Crippen LogP contribution in [0.3, 0.4) is 0 Å². The third-order valence-electron chi connectivity index (χ3n) is 2.55. The monoisotopic (exact) mass is 256 g/mol. The molecule has 2 aromatic rings. The van der Waals surface area contributed by atoms with Crippen LogP contribution in [0.4, 0.5) is 5.69 Å². The zero-order chi connectivity index (χ0) is 13.7. The van der Waals surface area contributed by atoms with Gasteiger partial charge in [-0.2, -0.15) is 0 Å². The second-order valence-electron chi connectivity index (χ2n) is 4.04. The average molecular weight is 256 g/mol. The summed E-state index contributed by atoms with van der Waals surface area (Å²) in [6.07, 6.45) is 1.73. The van der Waals surface area contributed by atoms with Crippen LogP contribution in [0.1, 0.15) is 13.8 Å². The summed E-state index contributed by atoms with van der Waals surface area (Å²) in [4.78, 5) is 15.6. The molecule has 1 N–H and O–H groups in total. The van der Waals surface area contributed by atoms with Crippen molar-refractivity contribution in [3.8, 4) is 17.0 Å². The lowest BCUT2D eigenvalue weighted by Gasteiger charge is -2.12. The molecule has 19 heavy (non-hydrogen) atoms. The van der Waals surface area contributed by atoms with E-state index in [2.05, 4.69) is 10.3 Å². The predicted molar refractivity (Wildman–Crippen MR) is 75.1 cm³/mol. The molecule has 0 saturated heterocycles. The average Bonchev–Trinajstić information content (AvgIpc) is 2.40. The number of aromatic nitrogens is 1. The van der Waals surface area contributed by atoms with Crippen LogP contribution in [-0.4, -0.2) is 17.5 Å². The van der Waals surface area contributed by atoms with Crippen molar-refractivity contribution in [2.45, 2.75) is 13.8 Å². The van der Waals surface area contributed by atoms with Crippen molar-refractivity contribution < 1.29 is 9.53 Å². The van der Waals surface area contributed by atoms with Crippen molar-refractivity contribution >= 4 is 11.6 Å². The number of anilines is 1. The number of nitrogens with zero attached hydrogens (tertiary/aromatic N) is 1. The molecule has 1 heterocycles. The minimum Gasteiger partial charge on any atom is -0.494 e. The van der Waals surface area contributed by atoms with Crippen LogP contribution in [-0.2, 0) is 4.79 Å². The SMILES string of the molecule is CCOc1ccc(-c2ccccn2)c(NC(C)=O)c1. The molecule has 0 aliphatic rings. The van der Waals surface area contributed by atoms with Gasteiger partial charge in [-0.15, -0.1) is 0 Å². The molecule has 0 fully saturated rings. The molecule has 4 heteroatoms. The number of ether oxygens (including phenoxy) is 1. The number of nitrogens with one attached hydrogen (secondary N) is 1. The summed E-state index contributed by atoms with van der Waals surface area (Å²) in [6, 6.07) is 11.3. The largest absolute Gasteiger partial charge is 0.494 e. The molecule has 0 radical (unpaired) electrons. The van der Waals surface area contributed by atoms with Gasteiger partial charge in [-0.3, -0.25) is 9.78 Å². The minimum absolute atomic E-state index is 0.120. The molecule has 0 atom stereocenters. The lowest BCUT2D eigenvalue weighted by atomic mass is 10.1. The molecular weight excluding hydrogens is 240 g/mol. The number of rotatable bonds is 4. The van der Waals surface area contributed by atoms with Gasteiger partial charge in [0.2, 0.25) is 5.91 Å². The van der Waals surface area contributed by atoms with Crippen molar-refractivity contribution in [2.75, 3.05) is 11.9 Å². The second-order valence-corrected chi connectivity index (χ2v) is 4.04. The summed E-state index contributed by atoms with van der Waals surface area (Å²) in [5.41, 5.74) is 2.39. The third kappa shape index (κ3) is 3.31. The molecule has 1 aromatic heterocycles. The maximum absolute atomic E-state index is 11.3. The lowest BCUT2D eigenvalue weighted by molar-refractivity contribution is -0.114. The Labute approximate surface area is 112 Å². The van der Waals surface area contributed by atoms with E-state index >= 15 is 0 Å². The van der Waals surface area contributed by atoms with Gasteiger partial charge < -0.3 is 10.1 Å². The molecule has 2 rings (SSSR count). The summed E-state index contributed by atoms with van der Waals surface area (Å²) in [6.45, 7) is 3.99. The minimum atomic E-state index is -0.120. The predicted octanol–water partition coefficient (Wildman–Crippen LogP) is 3.11. The first-order chi connectivity index (χ1) is 9.20. The number of carbonyl (C=O) groups excluding carboxylic acids is 1. The fourth-order valence-corrected chi connectivity index (χ4v) is 1.82. The molecule has 1 aromatic carbocycles. The molecular formula is C15H16N2O2. The maximum Gasteiger partial charge on any atom is 0.221 e. The summed E-state index contributed by atoms with van der Waals surface area (Å²) in [5, 5.41) is 2.81. The van der Waals surface area contributed by atoms with Crippen LogP contribution in [0.5, 0.6) is 5.75 Å². The number of benzene rings is 1. The fraction of sp³-hybridized carbons (Fsp3) is 0.200. The van der Waals surface area contributed by atoms with Gasteiger partial charge in [0, 0.05) is 24.8 Å². The van der Waals surface area contributed by atoms with Crippen LogP contribution < -0.4 is 10.1 Å². The molecule has 0 aliphatic carbocycles. The quantitative estimate of drug-likeness (QED) is 0.914. The van der Waals surface area contributed by atoms with E-state index in [4.69, 9.17) is 4.74 Å². The van der Waals surface area contributed by atoms with Crippen LogP contribution in [0.2, 0.25) is 0 Å². The zero-order valence-corrected chi connectivity index (χ0v) is 11.0. The van der Waals surface area contributed by atoms with E-state index in [1.165, 1.54) is 6.92 Å². The molecule has 4 nitrogen and oxygen atoms in total. The van der Waals surface area contributed by atoms with Crippen LogP contribution in [0.15, 0.2) is 42.6 Å². The number of hydrogen-bond acceptors (Lipinski definition) is 3. The smallest absolute Gasteiger partial charge is 0.221 e. The highest BCUT2D eigenvalue weighted by Crippen LogP contribution is 2.30. The Morgan fingerprint density at radius 3 is 2.79 bits per heavy atom. The van der Waals surface area contributed by atoms with E-state index in [0.29, 0.717) is 12.3 Å². The molecule has 0 unspecified atom stereocenters. The first kappa shape index (κ1) is 13.1. The van der Waals surface area contributed by atoms with Gasteiger partial charge in [0.1, 0.15) is 5.75 Å². The highest BCUT2D eigenvalue weighted by atomic mass is 16.5. The lowest BCUT2D eigenvalue weighted by Crippen LogP contribution is -2.07. The molecule has 98 valence electrons. The summed E-state index contributed by atoms with van der Waals surface area (Å²) >= 11 is 0. The van der Waals surface area contributed by atoms with E-state index in [-0.39, 0.29) is 5.91 Å². The second kappa shape index (κ2) is 6.00.